The molecule has 0 radical (unpaired) electrons. The van der Waals surface area contributed by atoms with Gasteiger partial charge in [-0.15, -0.1) is 0 Å². The second kappa shape index (κ2) is 5.14. The highest BCUT2D eigenvalue weighted by Gasteiger charge is 2.06. The first-order chi connectivity index (χ1) is 8.15. The van der Waals surface area contributed by atoms with Crippen LogP contribution in [0.5, 0.6) is 0 Å². The molecule has 0 fully saturated rings. The Kier molecular flexibility index (Phi) is 3.58. The molecular formula is C12H9F2NOS. The number of pyridine rings is 1. The predicted molar refractivity (Wildman–Crippen MR) is 61.3 cm³/mol. The summed E-state index contributed by atoms with van der Waals surface area (Å²) >= 11 is 1.23. The summed E-state index contributed by atoms with van der Waals surface area (Å²) in [5.74, 6) is -0.867. The van der Waals surface area contributed by atoms with E-state index in [4.69, 9.17) is 0 Å². The van der Waals surface area contributed by atoms with Crippen molar-refractivity contribution in [2.24, 2.45) is 0 Å². The Morgan fingerprint density at radius 2 is 1.82 bits per heavy atom. The normalized spacial score (nSPS) is 10.5. The SMILES string of the molecule is [O-][n+]1ccccc1SCc1cc(F)cc(F)c1. The molecule has 0 aliphatic carbocycles. The summed E-state index contributed by atoms with van der Waals surface area (Å²) in [7, 11) is 0. The van der Waals surface area contributed by atoms with Gasteiger partial charge in [-0.1, -0.05) is 11.8 Å². The summed E-state index contributed by atoms with van der Waals surface area (Å²) in [5.41, 5.74) is 0.511. The Hall–Kier alpha value is -1.62. The van der Waals surface area contributed by atoms with Crippen molar-refractivity contribution in [3.63, 3.8) is 0 Å². The maximum absolute atomic E-state index is 12.9. The average molecular weight is 253 g/mol. The van der Waals surface area contributed by atoms with Crippen LogP contribution in [0.25, 0.3) is 0 Å². The number of aromatic nitrogens is 1. The van der Waals surface area contributed by atoms with E-state index in [0.29, 0.717) is 16.3 Å². The van der Waals surface area contributed by atoms with E-state index in [9.17, 15) is 14.0 Å². The number of halogens is 2. The van der Waals surface area contributed by atoms with Crippen molar-refractivity contribution in [2.75, 3.05) is 0 Å². The molecule has 1 aromatic heterocycles. The summed E-state index contributed by atoms with van der Waals surface area (Å²) in [6, 6.07) is 8.36. The molecule has 0 saturated carbocycles. The lowest BCUT2D eigenvalue weighted by molar-refractivity contribution is -0.645. The number of rotatable bonds is 3. The average Bonchev–Trinajstić information content (AvgIpc) is 2.27. The van der Waals surface area contributed by atoms with Gasteiger partial charge in [0, 0.05) is 24.0 Å². The van der Waals surface area contributed by atoms with Gasteiger partial charge < -0.3 is 5.21 Å². The van der Waals surface area contributed by atoms with Crippen molar-refractivity contribution >= 4 is 11.8 Å². The summed E-state index contributed by atoms with van der Waals surface area (Å²) in [6.45, 7) is 0. The van der Waals surface area contributed by atoms with Crippen molar-refractivity contribution in [2.45, 2.75) is 10.8 Å². The Bertz CT molecular complexity index is 513. The zero-order chi connectivity index (χ0) is 12.3. The highest BCUT2D eigenvalue weighted by molar-refractivity contribution is 7.98. The molecule has 1 aromatic carbocycles. The molecule has 88 valence electrons. The molecule has 0 amide bonds. The summed E-state index contributed by atoms with van der Waals surface area (Å²) in [6.07, 6.45) is 1.38. The van der Waals surface area contributed by atoms with E-state index < -0.39 is 11.6 Å². The lowest BCUT2D eigenvalue weighted by Crippen LogP contribution is -2.27. The zero-order valence-corrected chi connectivity index (χ0v) is 9.58. The standard InChI is InChI=1S/C12H9F2NOS/c13-10-5-9(6-11(14)7-10)8-17-12-3-1-2-4-15(12)16/h1-7H,8H2. The molecule has 17 heavy (non-hydrogen) atoms. The predicted octanol–water partition coefficient (Wildman–Crippen LogP) is 2.89. The molecular weight excluding hydrogens is 244 g/mol. The smallest absolute Gasteiger partial charge is 0.251 e. The van der Waals surface area contributed by atoms with E-state index in [2.05, 4.69) is 0 Å². The summed E-state index contributed by atoms with van der Waals surface area (Å²) < 4.78 is 26.6. The maximum Gasteiger partial charge on any atom is 0.251 e. The van der Waals surface area contributed by atoms with Crippen LogP contribution in [0.3, 0.4) is 0 Å². The first-order valence-corrected chi connectivity index (χ1v) is 5.90. The highest BCUT2D eigenvalue weighted by atomic mass is 32.2. The van der Waals surface area contributed by atoms with Crippen LogP contribution < -0.4 is 4.73 Å². The fraction of sp³-hybridized carbons (Fsp3) is 0.0833. The third-order valence-corrected chi connectivity index (χ3v) is 3.19. The minimum atomic E-state index is -0.608. The Morgan fingerprint density at radius 3 is 2.47 bits per heavy atom. The van der Waals surface area contributed by atoms with Crippen LogP contribution in [0.15, 0.2) is 47.6 Å². The quantitative estimate of drug-likeness (QED) is 0.478. The molecule has 0 aliphatic heterocycles. The minimum absolute atomic E-state index is 0.348. The molecule has 1 heterocycles. The molecule has 5 heteroatoms. The van der Waals surface area contributed by atoms with Gasteiger partial charge >= 0.3 is 0 Å². The molecule has 0 saturated heterocycles. The van der Waals surface area contributed by atoms with Gasteiger partial charge in [0.25, 0.3) is 5.03 Å². The molecule has 0 N–H and O–H groups in total. The van der Waals surface area contributed by atoms with Crippen molar-refractivity contribution in [1.82, 2.24) is 0 Å². The van der Waals surface area contributed by atoms with Crippen molar-refractivity contribution < 1.29 is 13.5 Å². The first-order valence-electron chi connectivity index (χ1n) is 4.91. The third-order valence-electron chi connectivity index (χ3n) is 2.10. The van der Waals surface area contributed by atoms with Gasteiger partial charge in [0.05, 0.1) is 0 Å². The Balaban J connectivity index is 2.10. The van der Waals surface area contributed by atoms with E-state index >= 15 is 0 Å². The molecule has 2 rings (SSSR count). The molecule has 0 bridgehead atoms. The molecule has 2 aromatic rings. The van der Waals surface area contributed by atoms with E-state index in [-0.39, 0.29) is 0 Å². The van der Waals surface area contributed by atoms with Gasteiger partial charge in [-0.2, -0.15) is 4.73 Å². The molecule has 2 nitrogen and oxygen atoms in total. The zero-order valence-electron chi connectivity index (χ0n) is 8.77. The summed E-state index contributed by atoms with van der Waals surface area (Å²) in [5, 5.41) is 11.8. The Morgan fingerprint density at radius 1 is 1.12 bits per heavy atom. The second-order valence-corrected chi connectivity index (χ2v) is 4.43. The highest BCUT2D eigenvalue weighted by Crippen LogP contribution is 2.20. The van der Waals surface area contributed by atoms with Gasteiger partial charge in [-0.05, 0) is 23.8 Å². The monoisotopic (exact) mass is 253 g/mol. The summed E-state index contributed by atoms with van der Waals surface area (Å²) in [4.78, 5) is 0. The molecule has 0 unspecified atom stereocenters. The Labute approximate surface area is 101 Å². The van der Waals surface area contributed by atoms with Gasteiger partial charge in [0.1, 0.15) is 11.6 Å². The largest absolute Gasteiger partial charge is 0.618 e. The van der Waals surface area contributed by atoms with E-state index in [0.717, 1.165) is 10.8 Å². The topological polar surface area (TPSA) is 26.9 Å². The third kappa shape index (κ3) is 3.17. The van der Waals surface area contributed by atoms with Gasteiger partial charge in [-0.25, -0.2) is 8.78 Å². The lowest BCUT2D eigenvalue weighted by atomic mass is 10.2. The van der Waals surface area contributed by atoms with Gasteiger partial charge in [-0.3, -0.25) is 0 Å². The van der Waals surface area contributed by atoms with Gasteiger partial charge in [0.15, 0.2) is 6.20 Å². The number of hydrogen-bond acceptors (Lipinski definition) is 2. The van der Waals surface area contributed by atoms with E-state index in [1.54, 1.807) is 18.2 Å². The van der Waals surface area contributed by atoms with Crippen molar-refractivity contribution in [3.8, 4) is 0 Å². The van der Waals surface area contributed by atoms with Crippen LogP contribution in [0.4, 0.5) is 8.78 Å². The number of benzene rings is 1. The van der Waals surface area contributed by atoms with Crippen LogP contribution in [-0.2, 0) is 5.75 Å². The maximum atomic E-state index is 12.9. The van der Waals surface area contributed by atoms with Crippen LogP contribution in [0.1, 0.15) is 5.56 Å². The molecule has 0 aliphatic rings. The van der Waals surface area contributed by atoms with E-state index in [1.807, 2.05) is 0 Å². The van der Waals surface area contributed by atoms with Crippen LogP contribution in [0, 0.1) is 16.8 Å². The van der Waals surface area contributed by atoms with Crippen LogP contribution >= 0.6 is 11.8 Å². The van der Waals surface area contributed by atoms with Crippen LogP contribution in [-0.4, -0.2) is 0 Å². The van der Waals surface area contributed by atoms with Gasteiger partial charge in [0.2, 0.25) is 0 Å². The fourth-order valence-corrected chi connectivity index (χ4v) is 2.22. The van der Waals surface area contributed by atoms with Crippen LogP contribution in [0.2, 0.25) is 0 Å². The van der Waals surface area contributed by atoms with Crippen molar-refractivity contribution in [3.05, 3.63) is 65.0 Å². The van der Waals surface area contributed by atoms with E-state index in [1.165, 1.54) is 30.1 Å². The number of nitrogens with zero attached hydrogens (tertiary/aromatic N) is 1. The molecule has 0 spiro atoms. The molecule has 0 atom stereocenters. The second-order valence-electron chi connectivity index (χ2n) is 3.43. The number of thioether (sulfide) groups is 1. The number of hydrogen-bond donors (Lipinski definition) is 0. The minimum Gasteiger partial charge on any atom is -0.618 e. The fourth-order valence-electron chi connectivity index (χ4n) is 1.38. The lowest BCUT2D eigenvalue weighted by Gasteiger charge is -2.03. The first kappa shape index (κ1) is 11.9. The van der Waals surface area contributed by atoms with Crippen molar-refractivity contribution in [1.29, 1.82) is 0 Å².